The minimum Gasteiger partial charge on any atom is -0.351 e. The van der Waals surface area contributed by atoms with Crippen molar-refractivity contribution in [2.24, 2.45) is 48.0 Å². The number of aromatic nitrogens is 9. The van der Waals surface area contributed by atoms with Gasteiger partial charge in [-0.15, -0.1) is 0 Å². The van der Waals surface area contributed by atoms with Crippen molar-refractivity contribution in [1.29, 1.82) is 0 Å². The van der Waals surface area contributed by atoms with Gasteiger partial charge in [0.1, 0.15) is 17.1 Å². The topological polar surface area (TPSA) is 330 Å². The van der Waals surface area contributed by atoms with E-state index in [0.717, 1.165) is 25.9 Å². The van der Waals surface area contributed by atoms with Gasteiger partial charge in [-0.25, -0.2) is 15.0 Å². The monoisotopic (exact) mass is 1010 g/mol. The van der Waals surface area contributed by atoms with E-state index >= 15 is 0 Å². The Labute approximate surface area is 419 Å². The zero-order valence-corrected chi connectivity index (χ0v) is 41.7. The Morgan fingerprint density at radius 3 is 1.29 bits per heavy atom. The summed E-state index contributed by atoms with van der Waals surface area (Å²) in [6, 6.07) is 4.51. The third-order valence-electron chi connectivity index (χ3n) is 11.2. The molecule has 0 aliphatic carbocycles. The predicted octanol–water partition coefficient (Wildman–Crippen LogP) is 0.577. The van der Waals surface area contributed by atoms with Crippen LogP contribution in [0, 0.1) is 0 Å². The number of hydrogen-bond acceptors (Lipinski definition) is 13. The summed E-state index contributed by atoms with van der Waals surface area (Å²) in [5.74, 6) is -3.49. The van der Waals surface area contributed by atoms with Crippen molar-refractivity contribution in [3.8, 4) is 0 Å². The minimum atomic E-state index is -0.628. The molecule has 27 heteroatoms. The van der Waals surface area contributed by atoms with Crippen LogP contribution in [0.15, 0.2) is 61.6 Å². The van der Waals surface area contributed by atoms with Crippen LogP contribution in [-0.4, -0.2) is 141 Å². The standard InChI is InChI=1S/C46H61N19O8/c1-59(17-8-12-47)18-9-13-49-41(68)31-21-29(24-61(31)3)53-45(72)39-57-34(26-64(39)6)55-37(67)11-15-51-43(70)33-22-30(25-63(33)5)54-46(73)40-58-35(27-65(40)7)56-36(66)10-14-50-42(69)32-20-28(23-62(32)4)52-44(71)38-48-16-19-60(38)2/h16,19-27H,8-15,17-18,47H2,1-7H3,(H,49,68)(H,50,69)(H,51,70)(H,52,71)(H,53,72)(H,54,73)(H,55,67)(H,56,66). The number of rotatable bonds is 24. The van der Waals surface area contributed by atoms with E-state index in [1.54, 1.807) is 76.1 Å². The first-order chi connectivity index (χ1) is 34.8. The van der Waals surface area contributed by atoms with Crippen molar-refractivity contribution in [3.05, 3.63) is 96.1 Å². The van der Waals surface area contributed by atoms with Gasteiger partial charge in [0.15, 0.2) is 17.5 Å². The van der Waals surface area contributed by atoms with Crippen molar-refractivity contribution in [2.45, 2.75) is 25.7 Å². The highest BCUT2D eigenvalue weighted by molar-refractivity contribution is 6.05. The molecule has 0 unspecified atom stereocenters. The summed E-state index contributed by atoms with van der Waals surface area (Å²) >= 11 is 0. The maximum Gasteiger partial charge on any atom is 0.291 e. The zero-order chi connectivity index (χ0) is 52.9. The fourth-order valence-corrected chi connectivity index (χ4v) is 7.48. The van der Waals surface area contributed by atoms with Gasteiger partial charge in [0.05, 0.1) is 17.1 Å². The highest BCUT2D eigenvalue weighted by atomic mass is 16.2. The molecule has 0 radical (unpaired) electrons. The second-order valence-electron chi connectivity index (χ2n) is 17.2. The fourth-order valence-electron chi connectivity index (χ4n) is 7.48. The first-order valence-corrected chi connectivity index (χ1v) is 23.1. The lowest BCUT2D eigenvalue weighted by atomic mass is 10.3. The number of hydrogen-bond donors (Lipinski definition) is 9. The van der Waals surface area contributed by atoms with Crippen LogP contribution in [0.2, 0.25) is 0 Å². The molecule has 0 fully saturated rings. The molecule has 0 aliphatic heterocycles. The second-order valence-corrected chi connectivity index (χ2v) is 17.2. The molecule has 0 saturated heterocycles. The summed E-state index contributed by atoms with van der Waals surface area (Å²) in [6.07, 6.45) is 12.2. The van der Waals surface area contributed by atoms with Gasteiger partial charge in [0, 0.05) is 118 Å². The predicted molar refractivity (Wildman–Crippen MR) is 269 cm³/mol. The highest BCUT2D eigenvalue weighted by Crippen LogP contribution is 2.18. The van der Waals surface area contributed by atoms with Gasteiger partial charge in [0.25, 0.3) is 35.4 Å². The molecule has 6 heterocycles. The second kappa shape index (κ2) is 24.3. The summed E-state index contributed by atoms with van der Waals surface area (Å²) < 4.78 is 9.05. The Balaban J connectivity index is 0.902. The normalized spacial score (nSPS) is 11.0. The van der Waals surface area contributed by atoms with Gasteiger partial charge < -0.3 is 80.6 Å². The third-order valence-corrected chi connectivity index (χ3v) is 11.2. The van der Waals surface area contributed by atoms with E-state index in [2.05, 4.69) is 62.4 Å². The van der Waals surface area contributed by atoms with Crippen LogP contribution >= 0.6 is 0 Å². The summed E-state index contributed by atoms with van der Waals surface area (Å²) in [7, 11) is 11.8. The molecule has 6 rings (SSSR count). The van der Waals surface area contributed by atoms with E-state index in [4.69, 9.17) is 5.73 Å². The number of carbonyl (C=O) groups excluding carboxylic acids is 8. The smallest absolute Gasteiger partial charge is 0.291 e. The molecule has 6 aromatic heterocycles. The van der Waals surface area contributed by atoms with Gasteiger partial charge in [-0.2, -0.15) is 0 Å². The summed E-state index contributed by atoms with van der Waals surface area (Å²) in [5, 5.41) is 21.6. The van der Waals surface area contributed by atoms with E-state index < -0.39 is 41.4 Å². The quantitative estimate of drug-likeness (QED) is 0.0375. The van der Waals surface area contributed by atoms with Crippen LogP contribution < -0.4 is 48.3 Å². The minimum absolute atomic E-state index is 0.00127. The molecule has 0 aromatic carbocycles. The molecule has 0 saturated carbocycles. The molecule has 0 spiro atoms. The van der Waals surface area contributed by atoms with Gasteiger partial charge in [-0.05, 0) is 57.7 Å². The van der Waals surface area contributed by atoms with Crippen molar-refractivity contribution < 1.29 is 38.4 Å². The van der Waals surface area contributed by atoms with Crippen LogP contribution in [0.4, 0.5) is 28.7 Å². The molecular formula is C46H61N19O8. The first-order valence-electron chi connectivity index (χ1n) is 23.1. The van der Waals surface area contributed by atoms with Crippen molar-refractivity contribution >= 4 is 76.0 Å². The molecule has 0 atom stereocenters. The summed E-state index contributed by atoms with van der Waals surface area (Å²) in [6.45, 7) is 2.74. The largest absolute Gasteiger partial charge is 0.351 e. The van der Waals surface area contributed by atoms with Crippen molar-refractivity contribution in [2.75, 3.05) is 72.9 Å². The number of nitrogens with one attached hydrogen (secondary N) is 8. The molecule has 0 aliphatic rings. The Morgan fingerprint density at radius 1 is 0.493 bits per heavy atom. The number of aryl methyl sites for hydroxylation is 6. The van der Waals surface area contributed by atoms with Crippen LogP contribution in [0.5, 0.6) is 0 Å². The number of amides is 8. The van der Waals surface area contributed by atoms with Crippen LogP contribution in [0.25, 0.3) is 0 Å². The van der Waals surface area contributed by atoms with E-state index in [1.165, 1.54) is 55.2 Å². The number of nitrogens with two attached hydrogens (primary N) is 1. The third kappa shape index (κ3) is 14.4. The highest BCUT2D eigenvalue weighted by Gasteiger charge is 2.22. The molecule has 0 bridgehead atoms. The lowest BCUT2D eigenvalue weighted by Gasteiger charge is -2.15. The molecule has 73 heavy (non-hydrogen) atoms. The van der Waals surface area contributed by atoms with E-state index in [1.807, 2.05) is 7.05 Å². The number of nitrogens with zero attached hydrogens (tertiary/aromatic N) is 10. The van der Waals surface area contributed by atoms with Crippen LogP contribution in [0.1, 0.15) is 89.0 Å². The maximum absolute atomic E-state index is 13.2. The zero-order valence-electron chi connectivity index (χ0n) is 41.7. The van der Waals surface area contributed by atoms with Crippen molar-refractivity contribution in [3.63, 3.8) is 0 Å². The average molecular weight is 1010 g/mol. The Kier molecular flexibility index (Phi) is 17.8. The van der Waals surface area contributed by atoms with Crippen LogP contribution in [-0.2, 0) is 51.9 Å². The van der Waals surface area contributed by atoms with Crippen molar-refractivity contribution in [1.82, 2.24) is 63.2 Å². The Morgan fingerprint density at radius 2 is 0.890 bits per heavy atom. The molecule has 10 N–H and O–H groups in total. The molecular weight excluding hydrogens is 947 g/mol. The SMILES string of the molecule is CN(CCCN)CCCNC(=O)c1cc(NC(=O)c2nc(NC(=O)CCNC(=O)c3cc(NC(=O)c4nc(NC(=O)CCNC(=O)c5cc(NC(=O)c6nccn6C)cn5C)cn4C)cn3C)cn2C)cn1C. The fraction of sp³-hybridized carbons (Fsp3) is 0.370. The van der Waals surface area contributed by atoms with Gasteiger partial charge in [-0.3, -0.25) is 38.4 Å². The van der Waals surface area contributed by atoms with E-state index in [-0.39, 0.29) is 78.0 Å². The first kappa shape index (κ1) is 53.5. The van der Waals surface area contributed by atoms with E-state index in [9.17, 15) is 38.4 Å². The maximum atomic E-state index is 13.2. The Bertz CT molecular complexity index is 3000. The molecule has 6 aromatic rings. The summed E-state index contributed by atoms with van der Waals surface area (Å²) in [5.41, 5.74) is 7.41. The lowest BCUT2D eigenvalue weighted by Crippen LogP contribution is -2.30. The molecule has 27 nitrogen and oxygen atoms in total. The van der Waals surface area contributed by atoms with E-state index in [0.29, 0.717) is 30.2 Å². The lowest BCUT2D eigenvalue weighted by molar-refractivity contribution is -0.116. The number of imidazole rings is 3. The number of carbonyl (C=O) groups is 8. The molecule has 8 amide bonds. The van der Waals surface area contributed by atoms with Crippen LogP contribution in [0.3, 0.4) is 0 Å². The number of anilines is 5. The van der Waals surface area contributed by atoms with Gasteiger partial charge in [0.2, 0.25) is 23.5 Å². The van der Waals surface area contributed by atoms with Gasteiger partial charge >= 0.3 is 0 Å². The average Bonchev–Trinajstić information content (AvgIpc) is 4.20. The summed E-state index contributed by atoms with van der Waals surface area (Å²) in [4.78, 5) is 118. The van der Waals surface area contributed by atoms with Gasteiger partial charge in [-0.1, -0.05) is 0 Å². The molecule has 388 valence electrons. The Hall–Kier alpha value is -8.85.